The normalized spacial score (nSPS) is 21.0. The van der Waals surface area contributed by atoms with Crippen molar-refractivity contribution in [3.8, 4) is 0 Å². The smallest absolute Gasteiger partial charge is 0.0405 e. The molecule has 0 radical (unpaired) electrons. The average Bonchev–Trinajstić information content (AvgIpc) is 2.21. The summed E-state index contributed by atoms with van der Waals surface area (Å²) in [6.45, 7) is 11.2. The van der Waals surface area contributed by atoms with E-state index in [9.17, 15) is 0 Å². The van der Waals surface area contributed by atoms with Gasteiger partial charge in [0.2, 0.25) is 0 Å². The molecule has 1 aromatic carbocycles. The van der Waals surface area contributed by atoms with E-state index in [4.69, 9.17) is 11.5 Å². The maximum Gasteiger partial charge on any atom is 0.0405 e. The van der Waals surface area contributed by atoms with Crippen LogP contribution in [0, 0.1) is 6.92 Å². The number of nitrogen functional groups attached to an aromatic ring is 2. The van der Waals surface area contributed by atoms with E-state index in [1.807, 2.05) is 6.92 Å². The van der Waals surface area contributed by atoms with Crippen LogP contribution in [0.5, 0.6) is 0 Å². The van der Waals surface area contributed by atoms with Gasteiger partial charge in [-0.1, -0.05) is 27.7 Å². The van der Waals surface area contributed by atoms with Crippen LogP contribution in [0.3, 0.4) is 0 Å². The van der Waals surface area contributed by atoms with Crippen molar-refractivity contribution in [1.29, 1.82) is 0 Å². The molecule has 94 valence electrons. The molecule has 17 heavy (non-hydrogen) atoms. The van der Waals surface area contributed by atoms with Crippen molar-refractivity contribution in [3.63, 3.8) is 0 Å². The molecular weight excluding hydrogens is 208 g/mol. The van der Waals surface area contributed by atoms with E-state index in [2.05, 4.69) is 33.8 Å². The zero-order chi connectivity index (χ0) is 13.0. The summed E-state index contributed by atoms with van der Waals surface area (Å²) in [6, 6.07) is 2.14. The molecule has 2 heteroatoms. The van der Waals surface area contributed by atoms with Gasteiger partial charge in [0.1, 0.15) is 0 Å². The second-order valence-electron chi connectivity index (χ2n) is 6.69. The lowest BCUT2D eigenvalue weighted by atomic mass is 9.62. The van der Waals surface area contributed by atoms with Gasteiger partial charge >= 0.3 is 0 Å². The first kappa shape index (κ1) is 12.3. The molecule has 0 aromatic heterocycles. The second-order valence-corrected chi connectivity index (χ2v) is 6.69. The first-order valence-corrected chi connectivity index (χ1v) is 6.36. The molecule has 0 heterocycles. The van der Waals surface area contributed by atoms with E-state index >= 15 is 0 Å². The topological polar surface area (TPSA) is 52.0 Å². The molecule has 1 aliphatic carbocycles. The zero-order valence-corrected chi connectivity index (χ0v) is 11.6. The molecule has 0 saturated carbocycles. The van der Waals surface area contributed by atoms with Crippen molar-refractivity contribution in [2.24, 2.45) is 0 Å². The van der Waals surface area contributed by atoms with Gasteiger partial charge in [0.05, 0.1) is 0 Å². The highest BCUT2D eigenvalue weighted by atomic mass is 14.7. The number of benzene rings is 1. The van der Waals surface area contributed by atoms with Crippen LogP contribution < -0.4 is 11.5 Å². The van der Waals surface area contributed by atoms with Gasteiger partial charge in [0.15, 0.2) is 0 Å². The number of fused-ring (bicyclic) bond motifs is 1. The molecule has 0 bridgehead atoms. The summed E-state index contributed by atoms with van der Waals surface area (Å²) in [4.78, 5) is 0. The van der Waals surface area contributed by atoms with Crippen LogP contribution in [0.1, 0.15) is 57.2 Å². The Morgan fingerprint density at radius 1 is 1.00 bits per heavy atom. The minimum Gasteiger partial charge on any atom is -0.398 e. The van der Waals surface area contributed by atoms with Crippen molar-refractivity contribution in [2.75, 3.05) is 11.5 Å². The third-order valence-corrected chi connectivity index (χ3v) is 4.46. The van der Waals surface area contributed by atoms with E-state index in [1.54, 1.807) is 0 Å². The summed E-state index contributed by atoms with van der Waals surface area (Å²) >= 11 is 0. The monoisotopic (exact) mass is 232 g/mol. The lowest BCUT2D eigenvalue weighted by Gasteiger charge is -2.43. The Morgan fingerprint density at radius 2 is 1.53 bits per heavy atom. The van der Waals surface area contributed by atoms with Gasteiger partial charge in [0.25, 0.3) is 0 Å². The third kappa shape index (κ3) is 1.70. The number of hydrogen-bond donors (Lipinski definition) is 2. The molecule has 0 saturated heterocycles. The highest BCUT2D eigenvalue weighted by Crippen LogP contribution is 2.49. The van der Waals surface area contributed by atoms with Gasteiger partial charge in [-0.3, -0.25) is 0 Å². The van der Waals surface area contributed by atoms with E-state index in [0.29, 0.717) is 0 Å². The number of nitrogens with two attached hydrogens (primary N) is 2. The molecule has 0 aliphatic heterocycles. The summed E-state index contributed by atoms with van der Waals surface area (Å²) in [5.74, 6) is 0. The van der Waals surface area contributed by atoms with Gasteiger partial charge in [-0.05, 0) is 53.4 Å². The predicted octanol–water partition coefficient (Wildman–Crippen LogP) is 3.51. The molecule has 2 nitrogen and oxygen atoms in total. The molecule has 0 amide bonds. The average molecular weight is 232 g/mol. The Kier molecular flexibility index (Phi) is 2.46. The Morgan fingerprint density at radius 3 is 2.12 bits per heavy atom. The molecule has 0 atom stereocenters. The molecule has 4 N–H and O–H groups in total. The standard InChI is InChI=1S/C15H24N2/c1-9-11(16)8-10-12(13(9)17)15(4,5)7-6-14(10,2)3/h8H,6-7,16-17H2,1-5H3. The van der Waals surface area contributed by atoms with Gasteiger partial charge in [-0.25, -0.2) is 0 Å². The summed E-state index contributed by atoms with van der Waals surface area (Å²) in [5.41, 5.74) is 18.2. The van der Waals surface area contributed by atoms with Crippen molar-refractivity contribution >= 4 is 11.4 Å². The maximum absolute atomic E-state index is 6.32. The SMILES string of the molecule is Cc1c(N)cc2c(c1N)C(C)(C)CCC2(C)C. The Bertz CT molecular complexity index is 470. The largest absolute Gasteiger partial charge is 0.398 e. The van der Waals surface area contributed by atoms with Crippen molar-refractivity contribution < 1.29 is 0 Å². The Balaban J connectivity index is 2.81. The van der Waals surface area contributed by atoms with Crippen LogP contribution in [0.2, 0.25) is 0 Å². The Labute approximate surface area is 104 Å². The fourth-order valence-electron chi connectivity index (χ4n) is 2.97. The fraction of sp³-hybridized carbons (Fsp3) is 0.600. The second kappa shape index (κ2) is 3.41. The van der Waals surface area contributed by atoms with Crippen molar-refractivity contribution in [2.45, 2.75) is 58.3 Å². The van der Waals surface area contributed by atoms with Gasteiger partial charge in [0, 0.05) is 11.4 Å². The molecule has 2 rings (SSSR count). The highest BCUT2D eigenvalue weighted by molar-refractivity contribution is 5.70. The molecule has 0 fully saturated rings. The molecule has 1 aliphatic rings. The number of rotatable bonds is 0. The summed E-state index contributed by atoms with van der Waals surface area (Å²) in [5, 5.41) is 0. The lowest BCUT2D eigenvalue weighted by Crippen LogP contribution is -2.35. The third-order valence-electron chi connectivity index (χ3n) is 4.46. The predicted molar refractivity (Wildman–Crippen MR) is 75.3 cm³/mol. The fourth-order valence-corrected chi connectivity index (χ4v) is 2.97. The van der Waals surface area contributed by atoms with Crippen LogP contribution in [-0.4, -0.2) is 0 Å². The van der Waals surface area contributed by atoms with Crippen LogP contribution in [0.15, 0.2) is 6.07 Å². The quantitative estimate of drug-likeness (QED) is 0.672. The maximum atomic E-state index is 6.32. The summed E-state index contributed by atoms with van der Waals surface area (Å²) in [6.07, 6.45) is 2.37. The van der Waals surface area contributed by atoms with Crippen LogP contribution >= 0.6 is 0 Å². The highest BCUT2D eigenvalue weighted by Gasteiger charge is 2.39. The van der Waals surface area contributed by atoms with Crippen molar-refractivity contribution in [1.82, 2.24) is 0 Å². The van der Waals surface area contributed by atoms with E-state index < -0.39 is 0 Å². The van der Waals surface area contributed by atoms with Gasteiger partial charge in [-0.2, -0.15) is 0 Å². The molecule has 0 unspecified atom stereocenters. The molecule has 0 spiro atoms. The minimum absolute atomic E-state index is 0.160. The van der Waals surface area contributed by atoms with Crippen LogP contribution in [0.4, 0.5) is 11.4 Å². The summed E-state index contributed by atoms with van der Waals surface area (Å²) in [7, 11) is 0. The minimum atomic E-state index is 0.160. The summed E-state index contributed by atoms with van der Waals surface area (Å²) < 4.78 is 0. The van der Waals surface area contributed by atoms with Crippen LogP contribution in [0.25, 0.3) is 0 Å². The molecular formula is C15H24N2. The number of anilines is 2. The van der Waals surface area contributed by atoms with Crippen molar-refractivity contribution in [3.05, 3.63) is 22.8 Å². The van der Waals surface area contributed by atoms with E-state index in [1.165, 1.54) is 24.0 Å². The molecule has 1 aromatic rings. The van der Waals surface area contributed by atoms with E-state index in [-0.39, 0.29) is 10.8 Å². The first-order chi connectivity index (χ1) is 7.67. The number of hydrogen-bond acceptors (Lipinski definition) is 2. The van der Waals surface area contributed by atoms with Gasteiger partial charge in [-0.15, -0.1) is 0 Å². The first-order valence-electron chi connectivity index (χ1n) is 6.36. The lowest BCUT2D eigenvalue weighted by molar-refractivity contribution is 0.333. The Hall–Kier alpha value is -1.18. The zero-order valence-electron chi connectivity index (χ0n) is 11.6. The van der Waals surface area contributed by atoms with Crippen LogP contribution in [-0.2, 0) is 10.8 Å². The van der Waals surface area contributed by atoms with E-state index in [0.717, 1.165) is 16.9 Å². The van der Waals surface area contributed by atoms with Gasteiger partial charge < -0.3 is 11.5 Å².